The molecule has 0 amide bonds. The zero-order valence-corrected chi connectivity index (χ0v) is 10.5. The third-order valence-electron chi connectivity index (χ3n) is 1.66. The van der Waals surface area contributed by atoms with Gasteiger partial charge in [-0.2, -0.15) is 0 Å². The minimum Gasteiger partial charge on any atom is -0.425 e. The van der Waals surface area contributed by atoms with Gasteiger partial charge in [-0.3, -0.25) is 4.39 Å². The fourth-order valence-corrected chi connectivity index (χ4v) is 8.39. The predicted octanol–water partition coefficient (Wildman–Crippen LogP) is -0.521. The van der Waals surface area contributed by atoms with E-state index in [4.69, 9.17) is 12.3 Å². The normalized spacial score (nSPS) is 36.5. The summed E-state index contributed by atoms with van der Waals surface area (Å²) >= 11 is 0. The molecular weight excluding hydrogens is 199 g/mol. The largest absolute Gasteiger partial charge is 0.425 e. The Kier molecular flexibility index (Phi) is 3.89. The molecule has 3 nitrogen and oxygen atoms in total. The van der Waals surface area contributed by atoms with Gasteiger partial charge in [0.1, 0.15) is 0 Å². The number of halogens is 1. The molecule has 66 valence electrons. The maximum absolute atomic E-state index is 11.8. The molecule has 0 radical (unpaired) electrons. The van der Waals surface area contributed by atoms with Gasteiger partial charge in [-0.1, -0.05) is 0 Å². The highest BCUT2D eigenvalue weighted by atomic mass is 28.5. The van der Waals surface area contributed by atoms with E-state index in [9.17, 15) is 4.39 Å². The van der Waals surface area contributed by atoms with Crippen LogP contribution in [0.4, 0.5) is 4.39 Å². The molecule has 0 bridgehead atoms. The molecule has 1 heterocycles. The molecule has 0 saturated carbocycles. The Bertz CT molecular complexity index is 119. The molecule has 0 aromatic heterocycles. The molecule has 0 aromatic rings. The average Bonchev–Trinajstić information content (AvgIpc) is 2.03. The van der Waals surface area contributed by atoms with Crippen LogP contribution >= 0.6 is 0 Å². The summed E-state index contributed by atoms with van der Waals surface area (Å²) in [7, 11) is -3.39. The van der Waals surface area contributed by atoms with Gasteiger partial charge in [0.25, 0.3) is 20.0 Å². The minimum absolute atomic E-state index is 0.265. The summed E-state index contributed by atoms with van der Waals surface area (Å²) in [6, 6.07) is 0.785. The van der Waals surface area contributed by atoms with E-state index in [1.807, 2.05) is 6.55 Å². The third-order valence-corrected chi connectivity index (χ3v) is 10.1. The van der Waals surface area contributed by atoms with Crippen molar-refractivity contribution >= 4 is 28.6 Å². The van der Waals surface area contributed by atoms with Gasteiger partial charge < -0.3 is 12.3 Å². The second-order valence-electron chi connectivity index (χ2n) is 2.65. The van der Waals surface area contributed by atoms with E-state index in [1.165, 1.54) is 0 Å². The van der Waals surface area contributed by atoms with Gasteiger partial charge in [0.15, 0.2) is 0 Å². The van der Waals surface area contributed by atoms with Crippen LogP contribution in [0.5, 0.6) is 0 Å². The number of hydrogen-bond donors (Lipinski definition) is 0. The molecule has 1 rings (SSSR count). The van der Waals surface area contributed by atoms with Crippen molar-refractivity contribution in [2.45, 2.75) is 19.0 Å². The SMILES string of the molecule is C[Si]1(CCCF)O[SiH2]O[SiH2]O1. The smallest absolute Gasteiger partial charge is 0.316 e. The van der Waals surface area contributed by atoms with Gasteiger partial charge >= 0.3 is 8.56 Å². The summed E-state index contributed by atoms with van der Waals surface area (Å²) in [5, 5.41) is 0. The van der Waals surface area contributed by atoms with Crippen molar-refractivity contribution in [1.29, 1.82) is 0 Å². The first-order valence-electron chi connectivity index (χ1n) is 3.68. The van der Waals surface area contributed by atoms with Crippen LogP contribution in [0.1, 0.15) is 6.42 Å². The van der Waals surface area contributed by atoms with E-state index in [0.717, 1.165) is 6.04 Å². The Morgan fingerprint density at radius 1 is 1.36 bits per heavy atom. The van der Waals surface area contributed by atoms with Crippen LogP contribution in [0.3, 0.4) is 0 Å². The number of alkyl halides is 1. The first kappa shape index (κ1) is 9.55. The summed E-state index contributed by atoms with van der Waals surface area (Å²) in [5.41, 5.74) is 0. The average molecular weight is 212 g/mol. The number of rotatable bonds is 3. The summed E-state index contributed by atoms with van der Waals surface area (Å²) in [6.07, 6.45) is 0.575. The Morgan fingerprint density at radius 3 is 2.55 bits per heavy atom. The zero-order valence-electron chi connectivity index (χ0n) is 6.64. The van der Waals surface area contributed by atoms with Crippen LogP contribution in [0, 0.1) is 0 Å². The Labute approximate surface area is 71.6 Å². The molecule has 0 aliphatic carbocycles. The monoisotopic (exact) mass is 212 g/mol. The zero-order chi connectivity index (χ0) is 8.16. The molecule has 1 aliphatic rings. The van der Waals surface area contributed by atoms with Crippen molar-refractivity contribution in [3.05, 3.63) is 0 Å². The molecule has 11 heavy (non-hydrogen) atoms. The van der Waals surface area contributed by atoms with Crippen molar-refractivity contribution in [3.63, 3.8) is 0 Å². The highest BCUT2D eigenvalue weighted by Crippen LogP contribution is 2.17. The molecule has 0 aromatic carbocycles. The molecule has 0 spiro atoms. The van der Waals surface area contributed by atoms with Crippen molar-refractivity contribution < 1.29 is 16.7 Å². The Balaban J connectivity index is 2.25. The standard InChI is InChI=1S/C4H13FO3Si3/c1-11(4-2-3-5)7-9-6-10-8-11/h2-4,9-10H2,1H3. The lowest BCUT2D eigenvalue weighted by Gasteiger charge is -2.31. The molecule has 0 atom stereocenters. The first-order valence-corrected chi connectivity index (χ1v) is 8.52. The van der Waals surface area contributed by atoms with Crippen LogP contribution in [-0.4, -0.2) is 35.2 Å². The second-order valence-corrected chi connectivity index (χ2v) is 9.84. The van der Waals surface area contributed by atoms with Crippen LogP contribution < -0.4 is 0 Å². The lowest BCUT2D eigenvalue weighted by Crippen LogP contribution is -2.46. The van der Waals surface area contributed by atoms with E-state index < -0.39 is 28.6 Å². The summed E-state index contributed by atoms with van der Waals surface area (Å²) in [5.74, 6) is 0. The third kappa shape index (κ3) is 3.13. The van der Waals surface area contributed by atoms with Gasteiger partial charge in [0, 0.05) is 0 Å². The van der Waals surface area contributed by atoms with Crippen LogP contribution in [0.15, 0.2) is 0 Å². The quantitative estimate of drug-likeness (QED) is 0.589. The van der Waals surface area contributed by atoms with Crippen molar-refractivity contribution in [3.8, 4) is 0 Å². The van der Waals surface area contributed by atoms with Gasteiger partial charge in [0.05, 0.1) is 6.67 Å². The van der Waals surface area contributed by atoms with Crippen LogP contribution in [0.2, 0.25) is 12.6 Å². The highest BCUT2D eigenvalue weighted by Gasteiger charge is 2.33. The van der Waals surface area contributed by atoms with E-state index in [2.05, 4.69) is 0 Å². The lowest BCUT2D eigenvalue weighted by molar-refractivity contribution is 0.296. The van der Waals surface area contributed by atoms with Crippen LogP contribution in [0.25, 0.3) is 0 Å². The summed E-state index contributed by atoms with van der Waals surface area (Å²) in [4.78, 5) is 0. The first-order chi connectivity index (χ1) is 5.27. The van der Waals surface area contributed by atoms with Gasteiger partial charge in [-0.15, -0.1) is 0 Å². The predicted molar refractivity (Wildman–Crippen MR) is 47.4 cm³/mol. The summed E-state index contributed by atoms with van der Waals surface area (Å²) in [6.45, 7) is 1.74. The maximum Gasteiger partial charge on any atom is 0.316 e. The molecule has 7 heteroatoms. The number of hydrogen-bond acceptors (Lipinski definition) is 3. The Hall–Kier alpha value is 0.461. The highest BCUT2D eigenvalue weighted by molar-refractivity contribution is 6.75. The van der Waals surface area contributed by atoms with E-state index in [-0.39, 0.29) is 6.67 Å². The van der Waals surface area contributed by atoms with Gasteiger partial charge in [-0.05, 0) is 19.0 Å². The second kappa shape index (κ2) is 4.48. The molecule has 1 aliphatic heterocycles. The van der Waals surface area contributed by atoms with Crippen molar-refractivity contribution in [2.24, 2.45) is 0 Å². The maximum atomic E-state index is 11.8. The minimum atomic E-state index is -1.90. The topological polar surface area (TPSA) is 27.7 Å². The van der Waals surface area contributed by atoms with E-state index >= 15 is 0 Å². The lowest BCUT2D eigenvalue weighted by atomic mass is 10.6. The fourth-order valence-electron chi connectivity index (χ4n) is 0.941. The fraction of sp³-hybridized carbons (Fsp3) is 1.00. The molecule has 0 unspecified atom stereocenters. The molecule has 1 fully saturated rings. The van der Waals surface area contributed by atoms with Gasteiger partial charge in [-0.25, -0.2) is 0 Å². The Morgan fingerprint density at radius 2 is 2.00 bits per heavy atom. The summed E-state index contributed by atoms with van der Waals surface area (Å²) < 4.78 is 27.9. The van der Waals surface area contributed by atoms with E-state index in [1.54, 1.807) is 0 Å². The molecular formula is C4H13FO3Si3. The van der Waals surface area contributed by atoms with Gasteiger partial charge in [0.2, 0.25) is 0 Å². The molecule has 0 N–H and O–H groups in total. The van der Waals surface area contributed by atoms with E-state index in [0.29, 0.717) is 6.42 Å². The molecule has 1 saturated heterocycles. The van der Waals surface area contributed by atoms with Crippen LogP contribution in [-0.2, 0) is 12.3 Å². The van der Waals surface area contributed by atoms with Crippen molar-refractivity contribution in [1.82, 2.24) is 0 Å². The van der Waals surface area contributed by atoms with Crippen molar-refractivity contribution in [2.75, 3.05) is 6.67 Å².